The van der Waals surface area contributed by atoms with E-state index in [1.807, 2.05) is 24.3 Å². The summed E-state index contributed by atoms with van der Waals surface area (Å²) < 4.78 is 5.72. The fourth-order valence-corrected chi connectivity index (χ4v) is 2.70. The molecule has 1 aliphatic heterocycles. The molecule has 0 atom stereocenters. The number of ether oxygens (including phenoxy) is 1. The van der Waals surface area contributed by atoms with Crippen molar-refractivity contribution in [2.45, 2.75) is 32.6 Å². The molecule has 1 saturated heterocycles. The van der Waals surface area contributed by atoms with Crippen LogP contribution in [-0.4, -0.2) is 31.1 Å². The molecule has 1 fully saturated rings. The van der Waals surface area contributed by atoms with Crippen LogP contribution in [0, 0.1) is 5.92 Å². The zero-order valence-corrected chi connectivity index (χ0v) is 12.0. The van der Waals surface area contributed by atoms with E-state index in [4.69, 9.17) is 10.5 Å². The molecule has 0 radical (unpaired) electrons. The summed E-state index contributed by atoms with van der Waals surface area (Å²) in [5.74, 6) is 1.77. The third-order valence-corrected chi connectivity index (χ3v) is 4.08. The van der Waals surface area contributed by atoms with Crippen LogP contribution in [0.15, 0.2) is 24.3 Å². The summed E-state index contributed by atoms with van der Waals surface area (Å²) in [5, 5.41) is 0. The van der Waals surface area contributed by atoms with Gasteiger partial charge in [0.1, 0.15) is 5.75 Å². The predicted molar refractivity (Wildman–Crippen MR) is 80.4 cm³/mol. The standard InChI is InChI=1S/C16H26N2O/c1-2-14-8-11-18(12-9-14)10-5-13-19-16-7-4-3-6-15(16)17/h3-4,6-7,14H,2,5,8-13,17H2,1H3. The third kappa shape index (κ3) is 4.43. The molecule has 0 aliphatic carbocycles. The highest BCUT2D eigenvalue weighted by atomic mass is 16.5. The van der Waals surface area contributed by atoms with Crippen LogP contribution in [0.3, 0.4) is 0 Å². The molecule has 2 N–H and O–H groups in total. The van der Waals surface area contributed by atoms with Crippen molar-refractivity contribution in [3.8, 4) is 5.75 Å². The number of hydrogen-bond acceptors (Lipinski definition) is 3. The zero-order valence-electron chi connectivity index (χ0n) is 12.0. The first-order chi connectivity index (χ1) is 9.29. The fraction of sp³-hybridized carbons (Fsp3) is 0.625. The summed E-state index contributed by atoms with van der Waals surface area (Å²) in [7, 11) is 0. The number of benzene rings is 1. The smallest absolute Gasteiger partial charge is 0.142 e. The van der Waals surface area contributed by atoms with E-state index in [0.717, 1.165) is 36.9 Å². The van der Waals surface area contributed by atoms with E-state index in [0.29, 0.717) is 0 Å². The quantitative estimate of drug-likeness (QED) is 0.632. The van der Waals surface area contributed by atoms with Crippen molar-refractivity contribution >= 4 is 5.69 Å². The van der Waals surface area contributed by atoms with E-state index in [1.54, 1.807) is 0 Å². The Labute approximate surface area is 116 Å². The number of nitrogens with zero attached hydrogens (tertiary/aromatic N) is 1. The SMILES string of the molecule is CCC1CCN(CCCOc2ccccc2N)CC1. The summed E-state index contributed by atoms with van der Waals surface area (Å²) in [6.07, 6.45) is 5.14. The average Bonchev–Trinajstić information content (AvgIpc) is 2.46. The van der Waals surface area contributed by atoms with Crippen LogP contribution in [0.25, 0.3) is 0 Å². The van der Waals surface area contributed by atoms with Crippen LogP contribution in [0.2, 0.25) is 0 Å². The zero-order chi connectivity index (χ0) is 13.5. The minimum atomic E-state index is 0.728. The second-order valence-electron chi connectivity index (χ2n) is 5.43. The second-order valence-corrected chi connectivity index (χ2v) is 5.43. The van der Waals surface area contributed by atoms with Gasteiger partial charge in [0.25, 0.3) is 0 Å². The van der Waals surface area contributed by atoms with Crippen molar-refractivity contribution in [2.75, 3.05) is 32.0 Å². The summed E-state index contributed by atoms with van der Waals surface area (Å²) in [6.45, 7) is 6.71. The van der Waals surface area contributed by atoms with Crippen LogP contribution in [0.4, 0.5) is 5.69 Å². The van der Waals surface area contributed by atoms with Gasteiger partial charge in [-0.05, 0) is 50.4 Å². The number of hydrogen-bond donors (Lipinski definition) is 1. The fourth-order valence-electron chi connectivity index (χ4n) is 2.70. The van der Waals surface area contributed by atoms with Crippen molar-refractivity contribution in [3.63, 3.8) is 0 Å². The first-order valence-electron chi connectivity index (χ1n) is 7.49. The van der Waals surface area contributed by atoms with Gasteiger partial charge < -0.3 is 15.4 Å². The number of rotatable bonds is 6. The van der Waals surface area contributed by atoms with Crippen LogP contribution >= 0.6 is 0 Å². The highest BCUT2D eigenvalue weighted by Gasteiger charge is 2.16. The minimum Gasteiger partial charge on any atom is -0.491 e. The highest BCUT2D eigenvalue weighted by Crippen LogP contribution is 2.21. The number of para-hydroxylation sites is 2. The lowest BCUT2D eigenvalue weighted by Gasteiger charge is -2.31. The third-order valence-electron chi connectivity index (χ3n) is 4.08. The van der Waals surface area contributed by atoms with Gasteiger partial charge in [-0.1, -0.05) is 25.5 Å². The second kappa shape index (κ2) is 7.39. The average molecular weight is 262 g/mol. The summed E-state index contributed by atoms with van der Waals surface area (Å²) in [6, 6.07) is 7.70. The molecule has 0 amide bonds. The van der Waals surface area contributed by atoms with Crippen molar-refractivity contribution < 1.29 is 4.74 Å². The Balaban J connectivity index is 1.61. The van der Waals surface area contributed by atoms with Crippen molar-refractivity contribution in [1.29, 1.82) is 0 Å². The predicted octanol–water partition coefficient (Wildman–Crippen LogP) is 3.16. The van der Waals surface area contributed by atoms with E-state index in [-0.39, 0.29) is 0 Å². The molecule has 1 aromatic rings. The summed E-state index contributed by atoms with van der Waals surface area (Å²) in [4.78, 5) is 2.56. The number of nitrogen functional groups attached to an aromatic ring is 1. The molecular weight excluding hydrogens is 236 g/mol. The molecule has 106 valence electrons. The van der Waals surface area contributed by atoms with Crippen molar-refractivity contribution in [2.24, 2.45) is 5.92 Å². The molecule has 0 aromatic heterocycles. The summed E-state index contributed by atoms with van der Waals surface area (Å²) in [5.41, 5.74) is 6.57. The maximum Gasteiger partial charge on any atom is 0.142 e. The van der Waals surface area contributed by atoms with Crippen LogP contribution in [0.5, 0.6) is 5.75 Å². The van der Waals surface area contributed by atoms with Gasteiger partial charge in [-0.25, -0.2) is 0 Å². The molecule has 0 bridgehead atoms. The number of anilines is 1. The molecule has 0 spiro atoms. The maximum absolute atomic E-state index is 5.84. The van der Waals surface area contributed by atoms with E-state index in [9.17, 15) is 0 Å². The van der Waals surface area contributed by atoms with E-state index in [2.05, 4.69) is 11.8 Å². The molecule has 0 unspecified atom stereocenters. The number of nitrogens with two attached hydrogens (primary N) is 1. The van der Waals surface area contributed by atoms with Gasteiger partial charge in [0.2, 0.25) is 0 Å². The molecule has 2 rings (SSSR count). The van der Waals surface area contributed by atoms with Crippen LogP contribution in [0.1, 0.15) is 32.6 Å². The highest BCUT2D eigenvalue weighted by molar-refractivity contribution is 5.51. The monoisotopic (exact) mass is 262 g/mol. The molecule has 0 saturated carbocycles. The lowest BCUT2D eigenvalue weighted by Crippen LogP contribution is -2.34. The van der Waals surface area contributed by atoms with Gasteiger partial charge in [0, 0.05) is 6.54 Å². The molecule has 1 aromatic carbocycles. The number of piperidine rings is 1. The lowest BCUT2D eigenvalue weighted by molar-refractivity contribution is 0.169. The molecule has 1 aliphatic rings. The topological polar surface area (TPSA) is 38.5 Å². The Hall–Kier alpha value is -1.22. The first kappa shape index (κ1) is 14.2. The minimum absolute atomic E-state index is 0.728. The van der Waals surface area contributed by atoms with Gasteiger partial charge in [-0.2, -0.15) is 0 Å². The largest absolute Gasteiger partial charge is 0.491 e. The van der Waals surface area contributed by atoms with Gasteiger partial charge >= 0.3 is 0 Å². The van der Waals surface area contributed by atoms with Crippen molar-refractivity contribution in [3.05, 3.63) is 24.3 Å². The number of likely N-dealkylation sites (tertiary alicyclic amines) is 1. The van der Waals surface area contributed by atoms with Gasteiger partial charge in [0.15, 0.2) is 0 Å². The Morgan fingerprint density at radius 1 is 1.26 bits per heavy atom. The normalized spacial score (nSPS) is 17.5. The van der Waals surface area contributed by atoms with Crippen molar-refractivity contribution in [1.82, 2.24) is 4.90 Å². The maximum atomic E-state index is 5.84. The van der Waals surface area contributed by atoms with Crippen LogP contribution in [-0.2, 0) is 0 Å². The molecular formula is C16H26N2O. The Bertz CT molecular complexity index is 373. The Kier molecular flexibility index (Phi) is 5.52. The first-order valence-corrected chi connectivity index (χ1v) is 7.49. The van der Waals surface area contributed by atoms with Gasteiger partial charge in [-0.3, -0.25) is 0 Å². The Morgan fingerprint density at radius 3 is 2.68 bits per heavy atom. The molecule has 1 heterocycles. The van der Waals surface area contributed by atoms with E-state index >= 15 is 0 Å². The summed E-state index contributed by atoms with van der Waals surface area (Å²) >= 11 is 0. The molecule has 3 heteroatoms. The lowest BCUT2D eigenvalue weighted by atomic mass is 9.94. The van der Waals surface area contributed by atoms with E-state index in [1.165, 1.54) is 32.4 Å². The van der Waals surface area contributed by atoms with E-state index < -0.39 is 0 Å². The van der Waals surface area contributed by atoms with Crippen LogP contribution < -0.4 is 10.5 Å². The van der Waals surface area contributed by atoms with Gasteiger partial charge in [0.05, 0.1) is 12.3 Å². The van der Waals surface area contributed by atoms with Gasteiger partial charge in [-0.15, -0.1) is 0 Å². The molecule has 19 heavy (non-hydrogen) atoms. The Morgan fingerprint density at radius 2 is 2.00 bits per heavy atom. The molecule has 3 nitrogen and oxygen atoms in total.